The highest BCUT2D eigenvalue weighted by Crippen LogP contribution is 2.29. The van der Waals surface area contributed by atoms with Gasteiger partial charge >= 0.3 is 12.0 Å². The molecule has 0 aliphatic carbocycles. The fourth-order valence-electron chi connectivity index (χ4n) is 4.16. The quantitative estimate of drug-likeness (QED) is 0.630. The maximum atomic E-state index is 13.4. The monoisotopic (exact) mass is 472 g/mol. The molecule has 2 N–H and O–H groups in total. The lowest BCUT2D eigenvalue weighted by Crippen LogP contribution is -2.51. The molecule has 2 amide bonds. The number of nitrogens with one attached hydrogen (secondary N) is 2. The fraction of sp³-hybridized carbons (Fsp3) is 0.333. The van der Waals surface area contributed by atoms with Gasteiger partial charge in [-0.3, -0.25) is 4.90 Å². The predicted octanol–water partition coefficient (Wildman–Crippen LogP) is 3.47. The van der Waals surface area contributed by atoms with Crippen molar-refractivity contribution in [3.63, 3.8) is 0 Å². The van der Waals surface area contributed by atoms with Crippen LogP contribution in [0.3, 0.4) is 0 Å². The summed E-state index contributed by atoms with van der Waals surface area (Å²) in [5.74, 6) is -0.898. The first kappa shape index (κ1) is 23.1. The number of amides is 2. The standard InChI is InChI=1S/C24H26ClFN4O3/c1-2-33-23(31)21-20(27-24(32)28-22(21)16-6-8-18(26)9-7-16)15-29-10-12-30(13-11-29)19-5-3-4-17(25)14-19/h3-9,14,22H,2,10-13,15H2,1H3,(H2,27,28,32)/t22-/m1/s1. The normalized spacial score (nSPS) is 19.2. The van der Waals surface area contributed by atoms with E-state index in [9.17, 15) is 14.0 Å². The number of rotatable bonds is 6. The first-order valence-corrected chi connectivity index (χ1v) is 11.3. The molecule has 0 radical (unpaired) electrons. The van der Waals surface area contributed by atoms with E-state index in [0.717, 1.165) is 31.9 Å². The van der Waals surface area contributed by atoms with E-state index in [0.29, 0.717) is 28.4 Å². The van der Waals surface area contributed by atoms with Gasteiger partial charge in [-0.2, -0.15) is 0 Å². The SMILES string of the molecule is CCOC(=O)C1=C(CN2CCN(c3cccc(Cl)c3)CC2)NC(=O)N[C@@H]1c1ccc(F)cc1. The Labute approximate surface area is 197 Å². The van der Waals surface area contributed by atoms with Gasteiger partial charge in [0, 0.05) is 49.1 Å². The van der Waals surface area contributed by atoms with Crippen molar-refractivity contribution in [1.29, 1.82) is 0 Å². The van der Waals surface area contributed by atoms with Gasteiger partial charge < -0.3 is 20.3 Å². The molecule has 1 fully saturated rings. The molecule has 174 valence electrons. The molecule has 2 aromatic rings. The van der Waals surface area contributed by atoms with Gasteiger partial charge in [0.25, 0.3) is 0 Å². The third kappa shape index (κ3) is 5.46. The molecule has 2 aliphatic rings. The van der Waals surface area contributed by atoms with Gasteiger partial charge in [0.2, 0.25) is 0 Å². The highest BCUT2D eigenvalue weighted by molar-refractivity contribution is 6.30. The lowest BCUT2D eigenvalue weighted by molar-refractivity contribution is -0.139. The van der Waals surface area contributed by atoms with E-state index in [1.54, 1.807) is 19.1 Å². The van der Waals surface area contributed by atoms with Gasteiger partial charge in [0.05, 0.1) is 18.2 Å². The number of benzene rings is 2. The Morgan fingerprint density at radius 1 is 1.15 bits per heavy atom. The van der Waals surface area contributed by atoms with E-state index in [1.165, 1.54) is 12.1 Å². The summed E-state index contributed by atoms with van der Waals surface area (Å²) in [6.07, 6.45) is 0. The second-order valence-corrected chi connectivity index (χ2v) is 8.38. The Kier molecular flexibility index (Phi) is 7.15. The lowest BCUT2D eigenvalue weighted by Gasteiger charge is -2.38. The number of hydrogen-bond acceptors (Lipinski definition) is 5. The molecule has 0 aromatic heterocycles. The number of anilines is 1. The smallest absolute Gasteiger partial charge is 0.338 e. The van der Waals surface area contributed by atoms with Crippen molar-refractivity contribution in [1.82, 2.24) is 15.5 Å². The number of nitrogens with zero attached hydrogens (tertiary/aromatic N) is 2. The molecule has 0 unspecified atom stereocenters. The molecular formula is C24H26ClFN4O3. The van der Waals surface area contributed by atoms with Crippen LogP contribution in [0.25, 0.3) is 0 Å². The van der Waals surface area contributed by atoms with Crippen molar-refractivity contribution < 1.29 is 18.7 Å². The van der Waals surface area contributed by atoms with Gasteiger partial charge in [-0.15, -0.1) is 0 Å². The molecule has 2 aromatic carbocycles. The molecule has 0 bridgehead atoms. The molecule has 33 heavy (non-hydrogen) atoms. The van der Waals surface area contributed by atoms with E-state index in [1.807, 2.05) is 24.3 Å². The summed E-state index contributed by atoms with van der Waals surface area (Å²) in [6, 6.07) is 12.4. The summed E-state index contributed by atoms with van der Waals surface area (Å²) in [5.41, 5.74) is 2.51. The Morgan fingerprint density at radius 3 is 2.55 bits per heavy atom. The summed E-state index contributed by atoms with van der Waals surface area (Å²) in [6.45, 7) is 5.40. The van der Waals surface area contributed by atoms with Gasteiger partial charge in [-0.05, 0) is 42.8 Å². The second kappa shape index (κ2) is 10.2. The molecule has 4 rings (SSSR count). The van der Waals surface area contributed by atoms with E-state index in [-0.39, 0.29) is 6.61 Å². The van der Waals surface area contributed by atoms with Crippen LogP contribution in [0.1, 0.15) is 18.5 Å². The number of carbonyl (C=O) groups is 2. The van der Waals surface area contributed by atoms with Crippen molar-refractivity contribution in [2.24, 2.45) is 0 Å². The van der Waals surface area contributed by atoms with Crippen LogP contribution in [0.5, 0.6) is 0 Å². The average Bonchev–Trinajstić information content (AvgIpc) is 2.80. The van der Waals surface area contributed by atoms with Gasteiger partial charge in [-0.1, -0.05) is 29.8 Å². The number of halogens is 2. The second-order valence-electron chi connectivity index (χ2n) is 7.94. The molecular weight excluding hydrogens is 447 g/mol. The van der Waals surface area contributed by atoms with Crippen molar-refractivity contribution >= 4 is 29.3 Å². The van der Waals surface area contributed by atoms with Crippen LogP contribution < -0.4 is 15.5 Å². The lowest BCUT2D eigenvalue weighted by atomic mass is 9.95. The summed E-state index contributed by atoms with van der Waals surface area (Å²) < 4.78 is 18.7. The van der Waals surface area contributed by atoms with Crippen LogP contribution in [0.2, 0.25) is 5.02 Å². The summed E-state index contributed by atoms with van der Waals surface area (Å²) >= 11 is 6.13. The minimum Gasteiger partial charge on any atom is -0.463 e. The third-order valence-electron chi connectivity index (χ3n) is 5.78. The topological polar surface area (TPSA) is 73.9 Å². The van der Waals surface area contributed by atoms with Crippen molar-refractivity contribution in [2.75, 3.05) is 44.2 Å². The number of carbonyl (C=O) groups excluding carboxylic acids is 2. The maximum Gasteiger partial charge on any atom is 0.338 e. The molecule has 2 heterocycles. The maximum absolute atomic E-state index is 13.4. The molecule has 2 aliphatic heterocycles. The Balaban J connectivity index is 1.55. The summed E-state index contributed by atoms with van der Waals surface area (Å²) in [5, 5.41) is 6.27. The number of piperazine rings is 1. The zero-order valence-corrected chi connectivity index (χ0v) is 19.1. The van der Waals surface area contributed by atoms with Gasteiger partial charge in [0.1, 0.15) is 5.82 Å². The molecule has 0 saturated carbocycles. The largest absolute Gasteiger partial charge is 0.463 e. The zero-order chi connectivity index (χ0) is 23.4. The van der Waals surface area contributed by atoms with E-state index < -0.39 is 23.9 Å². The Morgan fingerprint density at radius 2 is 1.88 bits per heavy atom. The number of urea groups is 1. The highest BCUT2D eigenvalue weighted by Gasteiger charge is 2.34. The van der Waals surface area contributed by atoms with Crippen LogP contribution in [0, 0.1) is 5.82 Å². The average molecular weight is 473 g/mol. The van der Waals surface area contributed by atoms with Crippen molar-refractivity contribution in [3.05, 3.63) is 76.2 Å². The van der Waals surface area contributed by atoms with Crippen LogP contribution >= 0.6 is 11.6 Å². The number of esters is 1. The van der Waals surface area contributed by atoms with Gasteiger partial charge in [-0.25, -0.2) is 14.0 Å². The highest BCUT2D eigenvalue weighted by atomic mass is 35.5. The minimum absolute atomic E-state index is 0.206. The van der Waals surface area contributed by atoms with E-state index in [2.05, 4.69) is 20.4 Å². The van der Waals surface area contributed by atoms with Crippen molar-refractivity contribution in [3.8, 4) is 0 Å². The van der Waals surface area contributed by atoms with Gasteiger partial charge in [0.15, 0.2) is 0 Å². The molecule has 1 atom stereocenters. The van der Waals surface area contributed by atoms with E-state index >= 15 is 0 Å². The predicted molar refractivity (Wildman–Crippen MR) is 125 cm³/mol. The van der Waals surface area contributed by atoms with Crippen LogP contribution in [-0.4, -0.2) is 56.2 Å². The first-order valence-electron chi connectivity index (χ1n) is 10.9. The third-order valence-corrected chi connectivity index (χ3v) is 6.01. The molecule has 9 heteroatoms. The zero-order valence-electron chi connectivity index (χ0n) is 18.3. The van der Waals surface area contributed by atoms with Crippen molar-refractivity contribution in [2.45, 2.75) is 13.0 Å². The minimum atomic E-state index is -0.721. The summed E-state index contributed by atoms with van der Waals surface area (Å²) in [7, 11) is 0. The molecule has 1 saturated heterocycles. The van der Waals surface area contributed by atoms with Crippen LogP contribution in [0.15, 0.2) is 59.8 Å². The Bertz CT molecular complexity index is 1050. The number of ether oxygens (including phenoxy) is 1. The summed E-state index contributed by atoms with van der Waals surface area (Å²) in [4.78, 5) is 29.8. The molecule has 7 nitrogen and oxygen atoms in total. The Hall–Kier alpha value is -3.10. The van der Waals surface area contributed by atoms with Crippen LogP contribution in [0.4, 0.5) is 14.9 Å². The van der Waals surface area contributed by atoms with E-state index in [4.69, 9.17) is 16.3 Å². The first-order chi connectivity index (χ1) is 15.9. The molecule has 0 spiro atoms. The number of hydrogen-bond donors (Lipinski definition) is 2. The van der Waals surface area contributed by atoms with Crippen LogP contribution in [-0.2, 0) is 9.53 Å². The fourth-order valence-corrected chi connectivity index (χ4v) is 4.34.